The fourth-order valence-corrected chi connectivity index (χ4v) is 2.23. The van der Waals surface area contributed by atoms with E-state index in [9.17, 15) is 4.39 Å². The first-order chi connectivity index (χ1) is 10.2. The molecule has 1 aliphatic rings. The normalized spacial score (nSPS) is 13.6. The highest BCUT2D eigenvalue weighted by molar-refractivity contribution is 5.59. The SMILES string of the molecule is CC(Nc1ccc(F)cc1C#N)c1ccc2c(c1)OCO2. The van der Waals surface area contributed by atoms with Crippen LogP contribution in [0, 0.1) is 17.1 Å². The molecule has 0 saturated carbocycles. The first-order valence-electron chi connectivity index (χ1n) is 6.53. The summed E-state index contributed by atoms with van der Waals surface area (Å²) < 4.78 is 23.8. The van der Waals surface area contributed by atoms with Crippen molar-refractivity contribution < 1.29 is 13.9 Å². The van der Waals surface area contributed by atoms with Gasteiger partial charge in [0.1, 0.15) is 11.9 Å². The summed E-state index contributed by atoms with van der Waals surface area (Å²) in [7, 11) is 0. The van der Waals surface area contributed by atoms with Crippen LogP contribution in [0.5, 0.6) is 11.5 Å². The summed E-state index contributed by atoms with van der Waals surface area (Å²) in [4.78, 5) is 0. The van der Waals surface area contributed by atoms with Crippen molar-refractivity contribution in [1.82, 2.24) is 0 Å². The van der Waals surface area contributed by atoms with Crippen molar-refractivity contribution in [3.63, 3.8) is 0 Å². The lowest BCUT2D eigenvalue weighted by Gasteiger charge is -2.17. The number of hydrogen-bond acceptors (Lipinski definition) is 4. The van der Waals surface area contributed by atoms with Crippen LogP contribution in [0.4, 0.5) is 10.1 Å². The first-order valence-corrected chi connectivity index (χ1v) is 6.53. The van der Waals surface area contributed by atoms with Crippen LogP contribution in [-0.2, 0) is 0 Å². The minimum atomic E-state index is -0.423. The third-order valence-electron chi connectivity index (χ3n) is 3.37. The second kappa shape index (κ2) is 5.33. The Hall–Kier alpha value is -2.74. The molecule has 1 heterocycles. The second-order valence-corrected chi connectivity index (χ2v) is 4.78. The van der Waals surface area contributed by atoms with Crippen molar-refractivity contribution >= 4 is 5.69 Å². The average molecular weight is 284 g/mol. The van der Waals surface area contributed by atoms with Crippen LogP contribution in [0.2, 0.25) is 0 Å². The third kappa shape index (κ3) is 2.61. The molecule has 0 bridgehead atoms. The number of fused-ring (bicyclic) bond motifs is 1. The van der Waals surface area contributed by atoms with Gasteiger partial charge in [-0.3, -0.25) is 0 Å². The fraction of sp³-hybridized carbons (Fsp3) is 0.188. The van der Waals surface area contributed by atoms with E-state index in [1.54, 1.807) is 6.07 Å². The molecule has 1 aliphatic heterocycles. The van der Waals surface area contributed by atoms with Gasteiger partial charge in [-0.05, 0) is 42.8 Å². The van der Waals surface area contributed by atoms with Crippen LogP contribution in [0.25, 0.3) is 0 Å². The summed E-state index contributed by atoms with van der Waals surface area (Å²) in [6, 6.07) is 11.7. The minimum absolute atomic E-state index is 0.0583. The van der Waals surface area contributed by atoms with E-state index in [0.717, 1.165) is 11.3 Å². The van der Waals surface area contributed by atoms with Crippen molar-refractivity contribution in [3.8, 4) is 17.6 Å². The molecule has 21 heavy (non-hydrogen) atoms. The first kappa shape index (κ1) is 13.3. The summed E-state index contributed by atoms with van der Waals surface area (Å²) >= 11 is 0. The monoisotopic (exact) mass is 284 g/mol. The molecular formula is C16H13FN2O2. The molecule has 0 spiro atoms. The molecule has 0 radical (unpaired) electrons. The number of halogens is 1. The van der Waals surface area contributed by atoms with Crippen molar-refractivity contribution in [2.45, 2.75) is 13.0 Å². The summed E-state index contributed by atoms with van der Waals surface area (Å²) in [5, 5.41) is 12.3. The van der Waals surface area contributed by atoms with Crippen molar-refractivity contribution in [2.24, 2.45) is 0 Å². The van der Waals surface area contributed by atoms with Crippen LogP contribution in [0.3, 0.4) is 0 Å². The van der Waals surface area contributed by atoms with Gasteiger partial charge >= 0.3 is 0 Å². The molecule has 0 aliphatic carbocycles. The van der Waals surface area contributed by atoms with Gasteiger partial charge in [0.25, 0.3) is 0 Å². The van der Waals surface area contributed by atoms with Gasteiger partial charge in [-0.15, -0.1) is 0 Å². The van der Waals surface area contributed by atoms with E-state index in [0.29, 0.717) is 11.4 Å². The molecule has 1 atom stereocenters. The zero-order valence-corrected chi connectivity index (χ0v) is 11.4. The molecule has 5 heteroatoms. The molecule has 3 rings (SSSR count). The Morgan fingerprint density at radius 1 is 1.19 bits per heavy atom. The van der Waals surface area contributed by atoms with Crippen LogP contribution in [0.15, 0.2) is 36.4 Å². The number of hydrogen-bond donors (Lipinski definition) is 1. The zero-order chi connectivity index (χ0) is 14.8. The highest BCUT2D eigenvalue weighted by Crippen LogP contribution is 2.35. The molecule has 0 fully saturated rings. The van der Waals surface area contributed by atoms with Gasteiger partial charge in [0, 0.05) is 6.04 Å². The summed E-state index contributed by atoms with van der Waals surface area (Å²) in [6.45, 7) is 2.19. The predicted octanol–water partition coefficient (Wildman–Crippen LogP) is 3.60. The number of nitrogens with one attached hydrogen (secondary N) is 1. The molecule has 0 saturated heterocycles. The largest absolute Gasteiger partial charge is 0.454 e. The van der Waals surface area contributed by atoms with Crippen molar-refractivity contribution in [1.29, 1.82) is 5.26 Å². The lowest BCUT2D eigenvalue weighted by molar-refractivity contribution is 0.174. The smallest absolute Gasteiger partial charge is 0.231 e. The van der Waals surface area contributed by atoms with E-state index in [1.807, 2.05) is 31.2 Å². The standard InChI is InChI=1S/C16H13FN2O2/c1-10(11-2-5-15-16(7-11)21-9-20-15)19-14-4-3-13(17)6-12(14)8-18/h2-7,10,19H,9H2,1H3. The van der Waals surface area contributed by atoms with Gasteiger partial charge in [-0.1, -0.05) is 6.07 Å². The van der Waals surface area contributed by atoms with E-state index >= 15 is 0 Å². The van der Waals surface area contributed by atoms with Gasteiger partial charge in [-0.2, -0.15) is 5.26 Å². The van der Waals surface area contributed by atoms with E-state index < -0.39 is 5.82 Å². The van der Waals surface area contributed by atoms with E-state index in [-0.39, 0.29) is 18.4 Å². The van der Waals surface area contributed by atoms with E-state index in [1.165, 1.54) is 12.1 Å². The summed E-state index contributed by atoms with van der Waals surface area (Å²) in [5.41, 5.74) is 1.87. The predicted molar refractivity (Wildman–Crippen MR) is 75.7 cm³/mol. The fourth-order valence-electron chi connectivity index (χ4n) is 2.23. The number of ether oxygens (including phenoxy) is 2. The Bertz CT molecular complexity index is 725. The van der Waals surface area contributed by atoms with Gasteiger partial charge in [-0.25, -0.2) is 4.39 Å². The number of benzene rings is 2. The average Bonchev–Trinajstić information content (AvgIpc) is 2.96. The molecule has 4 nitrogen and oxygen atoms in total. The topological polar surface area (TPSA) is 54.3 Å². The lowest BCUT2D eigenvalue weighted by Crippen LogP contribution is -2.08. The Labute approximate surface area is 121 Å². The molecule has 0 aromatic heterocycles. The molecular weight excluding hydrogens is 271 g/mol. The summed E-state index contributed by atoms with van der Waals surface area (Å²) in [6.07, 6.45) is 0. The van der Waals surface area contributed by atoms with Gasteiger partial charge in [0.05, 0.1) is 11.3 Å². The molecule has 1 unspecified atom stereocenters. The highest BCUT2D eigenvalue weighted by Gasteiger charge is 2.16. The second-order valence-electron chi connectivity index (χ2n) is 4.78. The van der Waals surface area contributed by atoms with Gasteiger partial charge in [0.2, 0.25) is 6.79 Å². The Kier molecular flexibility index (Phi) is 3.36. The molecule has 1 N–H and O–H groups in total. The Morgan fingerprint density at radius 3 is 2.81 bits per heavy atom. The maximum atomic E-state index is 13.1. The lowest BCUT2D eigenvalue weighted by atomic mass is 10.1. The van der Waals surface area contributed by atoms with Crippen LogP contribution >= 0.6 is 0 Å². The number of nitrogens with zero attached hydrogens (tertiary/aromatic N) is 1. The zero-order valence-electron chi connectivity index (χ0n) is 11.4. The number of rotatable bonds is 3. The highest BCUT2D eigenvalue weighted by atomic mass is 19.1. The van der Waals surface area contributed by atoms with Crippen LogP contribution in [0.1, 0.15) is 24.1 Å². The molecule has 106 valence electrons. The number of anilines is 1. The summed E-state index contributed by atoms with van der Waals surface area (Å²) in [5.74, 6) is 1.01. The maximum Gasteiger partial charge on any atom is 0.231 e. The number of nitriles is 1. The Morgan fingerprint density at radius 2 is 2.00 bits per heavy atom. The van der Waals surface area contributed by atoms with Gasteiger partial charge < -0.3 is 14.8 Å². The molecule has 2 aromatic rings. The maximum absolute atomic E-state index is 13.1. The van der Waals surface area contributed by atoms with Crippen molar-refractivity contribution in [2.75, 3.05) is 12.1 Å². The van der Waals surface area contributed by atoms with Crippen molar-refractivity contribution in [3.05, 3.63) is 53.3 Å². The Balaban J connectivity index is 1.84. The van der Waals surface area contributed by atoms with E-state index in [4.69, 9.17) is 14.7 Å². The van der Waals surface area contributed by atoms with Gasteiger partial charge in [0.15, 0.2) is 11.5 Å². The molecule has 2 aromatic carbocycles. The third-order valence-corrected chi connectivity index (χ3v) is 3.37. The molecule has 0 amide bonds. The van der Waals surface area contributed by atoms with Crippen LogP contribution < -0.4 is 14.8 Å². The minimum Gasteiger partial charge on any atom is -0.454 e. The van der Waals surface area contributed by atoms with Crippen LogP contribution in [-0.4, -0.2) is 6.79 Å². The van der Waals surface area contributed by atoms with E-state index in [2.05, 4.69) is 5.32 Å². The quantitative estimate of drug-likeness (QED) is 0.935.